The maximum Gasteiger partial charge on any atom is 0.573 e. The molecule has 0 unspecified atom stereocenters. The van der Waals surface area contributed by atoms with E-state index in [9.17, 15) is 22.8 Å². The molecule has 0 aliphatic rings. The highest BCUT2D eigenvalue weighted by molar-refractivity contribution is 5.98. The highest BCUT2D eigenvalue weighted by Crippen LogP contribution is 2.26. The second-order valence-corrected chi connectivity index (χ2v) is 5.04. The Hall–Kier alpha value is -2.25. The molecule has 0 bridgehead atoms. The zero-order valence-corrected chi connectivity index (χ0v) is 12.0. The molecule has 22 heavy (non-hydrogen) atoms. The largest absolute Gasteiger partial charge is 0.573 e. The molecule has 0 saturated heterocycles. The first-order chi connectivity index (χ1) is 10.1. The molecular formula is C14H16F3NO4. The minimum atomic E-state index is -4.94. The quantitative estimate of drug-likeness (QED) is 0.845. The van der Waals surface area contributed by atoms with Gasteiger partial charge in [0.25, 0.3) is 5.91 Å². The average Bonchev–Trinajstić information content (AvgIpc) is 2.35. The number of hydrogen-bond donors (Lipinski definition) is 2. The molecular weight excluding hydrogens is 303 g/mol. The number of amides is 1. The molecule has 1 amide bonds. The first-order valence-electron chi connectivity index (χ1n) is 6.48. The van der Waals surface area contributed by atoms with Gasteiger partial charge in [0, 0.05) is 0 Å². The van der Waals surface area contributed by atoms with Gasteiger partial charge in [0.2, 0.25) is 0 Å². The molecule has 1 rings (SSSR count). The number of rotatable bonds is 6. The van der Waals surface area contributed by atoms with Crippen LogP contribution in [0.4, 0.5) is 13.2 Å². The number of halogens is 3. The fourth-order valence-electron chi connectivity index (χ4n) is 1.80. The van der Waals surface area contributed by atoms with Gasteiger partial charge < -0.3 is 15.2 Å². The monoisotopic (exact) mass is 319 g/mol. The van der Waals surface area contributed by atoms with Gasteiger partial charge in [0.15, 0.2) is 0 Å². The van der Waals surface area contributed by atoms with E-state index in [0.717, 1.165) is 12.1 Å². The first-order valence-corrected chi connectivity index (χ1v) is 6.48. The van der Waals surface area contributed by atoms with Crippen molar-refractivity contribution in [3.63, 3.8) is 0 Å². The van der Waals surface area contributed by atoms with Gasteiger partial charge in [-0.25, -0.2) is 4.79 Å². The topological polar surface area (TPSA) is 75.6 Å². The van der Waals surface area contributed by atoms with Crippen LogP contribution in [0.2, 0.25) is 0 Å². The third-order valence-corrected chi connectivity index (χ3v) is 2.67. The van der Waals surface area contributed by atoms with Crippen LogP contribution >= 0.6 is 0 Å². The van der Waals surface area contributed by atoms with Gasteiger partial charge in [-0.3, -0.25) is 4.79 Å². The molecule has 0 aromatic heterocycles. The van der Waals surface area contributed by atoms with Gasteiger partial charge in [-0.05, 0) is 24.5 Å². The number of ether oxygens (including phenoxy) is 1. The zero-order chi connectivity index (χ0) is 16.9. The van der Waals surface area contributed by atoms with Crippen LogP contribution in [0.5, 0.6) is 5.75 Å². The van der Waals surface area contributed by atoms with Crippen molar-refractivity contribution in [1.29, 1.82) is 0 Å². The third kappa shape index (κ3) is 5.63. The summed E-state index contributed by atoms with van der Waals surface area (Å²) in [5, 5.41) is 11.3. The van der Waals surface area contributed by atoms with Gasteiger partial charge in [0.1, 0.15) is 11.8 Å². The fraction of sp³-hybridized carbons (Fsp3) is 0.429. The number of carboxylic acids is 1. The maximum atomic E-state index is 12.3. The summed E-state index contributed by atoms with van der Waals surface area (Å²) in [6.07, 6.45) is -4.79. The lowest BCUT2D eigenvalue weighted by atomic mass is 10.0. The number of benzene rings is 1. The maximum absolute atomic E-state index is 12.3. The predicted molar refractivity (Wildman–Crippen MR) is 71.5 cm³/mol. The Bertz CT molecular complexity index is 543. The molecule has 0 aliphatic carbocycles. The fourth-order valence-corrected chi connectivity index (χ4v) is 1.80. The number of nitrogens with one attached hydrogen (secondary N) is 1. The second-order valence-electron chi connectivity index (χ2n) is 5.04. The van der Waals surface area contributed by atoms with Crippen LogP contribution in [0.25, 0.3) is 0 Å². The van der Waals surface area contributed by atoms with Crippen molar-refractivity contribution in [3.8, 4) is 5.75 Å². The van der Waals surface area contributed by atoms with E-state index in [-0.39, 0.29) is 17.9 Å². The van der Waals surface area contributed by atoms with Gasteiger partial charge in [-0.15, -0.1) is 13.2 Å². The summed E-state index contributed by atoms with van der Waals surface area (Å²) in [5.41, 5.74) is -0.380. The molecule has 0 spiro atoms. The third-order valence-electron chi connectivity index (χ3n) is 2.67. The summed E-state index contributed by atoms with van der Waals surface area (Å²) >= 11 is 0. The van der Waals surface area contributed by atoms with E-state index in [4.69, 9.17) is 5.11 Å². The number of carboxylic acid groups (broad SMARTS) is 1. The Morgan fingerprint density at radius 2 is 1.86 bits per heavy atom. The summed E-state index contributed by atoms with van der Waals surface area (Å²) in [7, 11) is 0. The normalized spacial score (nSPS) is 12.8. The van der Waals surface area contributed by atoms with Crippen molar-refractivity contribution in [2.24, 2.45) is 5.92 Å². The van der Waals surface area contributed by atoms with E-state index < -0.39 is 30.0 Å². The van der Waals surface area contributed by atoms with Crippen LogP contribution in [0.3, 0.4) is 0 Å². The molecule has 1 aromatic carbocycles. The van der Waals surface area contributed by atoms with Crippen LogP contribution in [-0.2, 0) is 4.79 Å². The van der Waals surface area contributed by atoms with E-state index in [1.807, 2.05) is 0 Å². The number of alkyl halides is 3. The van der Waals surface area contributed by atoms with Crippen LogP contribution in [0.15, 0.2) is 24.3 Å². The highest BCUT2D eigenvalue weighted by atomic mass is 19.4. The SMILES string of the molecule is CC(C)C[C@@H](NC(=O)c1ccccc1OC(F)(F)F)C(=O)O. The molecule has 0 saturated carbocycles. The molecule has 122 valence electrons. The van der Waals surface area contributed by atoms with Gasteiger partial charge in [0.05, 0.1) is 5.56 Å². The number of aliphatic carboxylic acids is 1. The summed E-state index contributed by atoms with van der Waals surface area (Å²) in [6.45, 7) is 3.53. The van der Waals surface area contributed by atoms with Crippen molar-refractivity contribution in [2.75, 3.05) is 0 Å². The van der Waals surface area contributed by atoms with Crippen molar-refractivity contribution < 1.29 is 32.6 Å². The standard InChI is InChI=1S/C14H16F3NO4/c1-8(2)7-10(13(20)21)18-12(19)9-5-3-4-6-11(9)22-14(15,16)17/h3-6,8,10H,7H2,1-2H3,(H,18,19)(H,20,21)/t10-/m1/s1. The Morgan fingerprint density at radius 1 is 1.27 bits per heavy atom. The lowest BCUT2D eigenvalue weighted by Crippen LogP contribution is -2.41. The zero-order valence-electron chi connectivity index (χ0n) is 12.0. The van der Waals surface area contributed by atoms with Gasteiger partial charge in [-0.1, -0.05) is 26.0 Å². The molecule has 0 radical (unpaired) electrons. The number of carbonyl (C=O) groups excluding carboxylic acids is 1. The van der Waals surface area contributed by atoms with E-state index >= 15 is 0 Å². The summed E-state index contributed by atoms with van der Waals surface area (Å²) in [6, 6.07) is 3.56. The average molecular weight is 319 g/mol. The summed E-state index contributed by atoms with van der Waals surface area (Å²) < 4.78 is 40.7. The molecule has 0 heterocycles. The Labute approximate surface area is 125 Å². The molecule has 1 atom stereocenters. The Morgan fingerprint density at radius 3 is 2.36 bits per heavy atom. The van der Waals surface area contributed by atoms with E-state index in [0.29, 0.717) is 0 Å². The van der Waals surface area contributed by atoms with Crippen molar-refractivity contribution in [3.05, 3.63) is 29.8 Å². The number of carbonyl (C=O) groups is 2. The predicted octanol–water partition coefficient (Wildman–Crippen LogP) is 2.81. The molecule has 0 aliphatic heterocycles. The molecule has 5 nitrogen and oxygen atoms in total. The molecule has 8 heteroatoms. The number of para-hydroxylation sites is 1. The van der Waals surface area contributed by atoms with E-state index in [1.54, 1.807) is 13.8 Å². The highest BCUT2D eigenvalue weighted by Gasteiger charge is 2.33. The van der Waals surface area contributed by atoms with Crippen LogP contribution in [-0.4, -0.2) is 29.4 Å². The molecule has 2 N–H and O–H groups in total. The van der Waals surface area contributed by atoms with Crippen LogP contribution < -0.4 is 10.1 Å². The molecule has 0 fully saturated rings. The van der Waals surface area contributed by atoms with E-state index in [1.165, 1.54) is 12.1 Å². The molecule has 1 aromatic rings. The Kier molecular flexibility index (Phi) is 5.78. The van der Waals surface area contributed by atoms with Crippen LogP contribution in [0, 0.1) is 5.92 Å². The second kappa shape index (κ2) is 7.15. The summed E-state index contributed by atoms with van der Waals surface area (Å²) in [4.78, 5) is 23.1. The van der Waals surface area contributed by atoms with Gasteiger partial charge in [-0.2, -0.15) is 0 Å². The van der Waals surface area contributed by atoms with Crippen molar-refractivity contribution >= 4 is 11.9 Å². The number of hydrogen-bond acceptors (Lipinski definition) is 3. The smallest absolute Gasteiger partial charge is 0.480 e. The summed E-state index contributed by atoms with van der Waals surface area (Å²) in [5.74, 6) is -2.88. The van der Waals surface area contributed by atoms with E-state index in [2.05, 4.69) is 10.1 Å². The minimum Gasteiger partial charge on any atom is -0.480 e. The van der Waals surface area contributed by atoms with Crippen molar-refractivity contribution in [1.82, 2.24) is 5.32 Å². The van der Waals surface area contributed by atoms with Crippen molar-refractivity contribution in [2.45, 2.75) is 32.7 Å². The van der Waals surface area contributed by atoms with Gasteiger partial charge >= 0.3 is 12.3 Å². The minimum absolute atomic E-state index is 0.0110. The lowest BCUT2D eigenvalue weighted by molar-refractivity contribution is -0.274. The van der Waals surface area contributed by atoms with Crippen LogP contribution in [0.1, 0.15) is 30.6 Å². The Balaban J connectivity index is 2.95. The lowest BCUT2D eigenvalue weighted by Gasteiger charge is -2.18. The first kappa shape index (κ1) is 17.8.